The van der Waals surface area contributed by atoms with E-state index < -0.39 is 0 Å². The molecule has 1 unspecified atom stereocenters. The summed E-state index contributed by atoms with van der Waals surface area (Å²) in [6, 6.07) is 15.8. The van der Waals surface area contributed by atoms with Gasteiger partial charge in [-0.1, -0.05) is 37.3 Å². The number of nitrogens with zero attached hydrogens (tertiary/aromatic N) is 3. The van der Waals surface area contributed by atoms with E-state index in [-0.39, 0.29) is 5.78 Å². The second kappa shape index (κ2) is 7.43. The van der Waals surface area contributed by atoms with Gasteiger partial charge in [-0.15, -0.1) is 0 Å². The highest BCUT2D eigenvalue weighted by molar-refractivity contribution is 5.95. The van der Waals surface area contributed by atoms with E-state index in [1.807, 2.05) is 55.1 Å². The van der Waals surface area contributed by atoms with Crippen molar-refractivity contribution in [2.45, 2.75) is 39.7 Å². The lowest BCUT2D eigenvalue weighted by atomic mass is 9.97. The fraction of sp³-hybridized carbons (Fsp3) is 0.286. The van der Waals surface area contributed by atoms with Crippen LogP contribution in [0.2, 0.25) is 0 Å². The van der Waals surface area contributed by atoms with Crippen molar-refractivity contribution >= 4 is 5.78 Å². The first-order valence-electron chi connectivity index (χ1n) is 8.57. The molecule has 4 heteroatoms. The molecule has 0 N–H and O–H groups in total. The number of benzene rings is 1. The first kappa shape index (κ1) is 17.1. The van der Waals surface area contributed by atoms with Gasteiger partial charge in [-0.05, 0) is 43.2 Å². The zero-order valence-electron chi connectivity index (χ0n) is 14.9. The lowest BCUT2D eigenvalue weighted by molar-refractivity contribution is 0.0988. The van der Waals surface area contributed by atoms with E-state index in [1.54, 1.807) is 6.07 Å². The molecule has 3 rings (SSSR count). The zero-order valence-corrected chi connectivity index (χ0v) is 14.9. The van der Waals surface area contributed by atoms with Crippen molar-refractivity contribution in [2.24, 2.45) is 0 Å². The van der Waals surface area contributed by atoms with Gasteiger partial charge in [0.2, 0.25) is 0 Å². The highest BCUT2D eigenvalue weighted by Gasteiger charge is 2.12. The second-order valence-electron chi connectivity index (χ2n) is 6.59. The van der Waals surface area contributed by atoms with E-state index in [4.69, 9.17) is 0 Å². The summed E-state index contributed by atoms with van der Waals surface area (Å²) < 4.78 is 1.97. The maximum atomic E-state index is 12.5. The maximum absolute atomic E-state index is 12.5. The van der Waals surface area contributed by atoms with Gasteiger partial charge in [-0.25, -0.2) is 0 Å². The molecule has 128 valence electrons. The molecular formula is C21H23N3O. The fourth-order valence-corrected chi connectivity index (χ4v) is 2.93. The van der Waals surface area contributed by atoms with Crippen LogP contribution in [0.25, 0.3) is 0 Å². The van der Waals surface area contributed by atoms with Crippen molar-refractivity contribution in [3.8, 4) is 0 Å². The van der Waals surface area contributed by atoms with Crippen molar-refractivity contribution in [1.29, 1.82) is 0 Å². The maximum Gasteiger partial charge on any atom is 0.185 e. The lowest BCUT2D eigenvalue weighted by Crippen LogP contribution is -2.09. The molecule has 2 heterocycles. The summed E-state index contributed by atoms with van der Waals surface area (Å²) in [6.07, 6.45) is 2.38. The fourth-order valence-electron chi connectivity index (χ4n) is 2.93. The summed E-state index contributed by atoms with van der Waals surface area (Å²) in [5.41, 5.74) is 4.66. The molecule has 0 bridgehead atoms. The van der Waals surface area contributed by atoms with Crippen molar-refractivity contribution < 1.29 is 4.79 Å². The summed E-state index contributed by atoms with van der Waals surface area (Å²) in [5, 5.41) is 4.45. The van der Waals surface area contributed by atoms with Crippen LogP contribution < -0.4 is 0 Å². The molecule has 0 aliphatic rings. The normalized spacial score (nSPS) is 12.1. The number of hydrogen-bond donors (Lipinski definition) is 0. The summed E-state index contributed by atoms with van der Waals surface area (Å²) in [7, 11) is 0. The summed E-state index contributed by atoms with van der Waals surface area (Å²) in [5.74, 6) is 0.377. The van der Waals surface area contributed by atoms with Crippen LogP contribution in [-0.4, -0.2) is 20.5 Å². The number of pyridine rings is 1. The molecule has 0 amide bonds. The first-order valence-corrected chi connectivity index (χ1v) is 8.57. The molecule has 0 aliphatic carbocycles. The van der Waals surface area contributed by atoms with Gasteiger partial charge in [0.25, 0.3) is 0 Å². The van der Waals surface area contributed by atoms with Gasteiger partial charge in [-0.2, -0.15) is 5.10 Å². The average molecular weight is 333 g/mol. The van der Waals surface area contributed by atoms with Gasteiger partial charge >= 0.3 is 0 Å². The zero-order chi connectivity index (χ0) is 17.8. The molecule has 3 aromatic rings. The van der Waals surface area contributed by atoms with Crippen LogP contribution in [0.15, 0.2) is 54.7 Å². The Hall–Kier alpha value is -2.75. The molecular weight excluding hydrogens is 310 g/mol. The number of carbonyl (C=O) groups excluding carboxylic acids is 1. The van der Waals surface area contributed by atoms with Crippen molar-refractivity contribution in [3.05, 3.63) is 82.9 Å². The Morgan fingerprint density at radius 3 is 2.60 bits per heavy atom. The summed E-state index contributed by atoms with van der Waals surface area (Å²) in [6.45, 7) is 6.90. The van der Waals surface area contributed by atoms with E-state index >= 15 is 0 Å². The number of Topliss-reactive ketones (excluding diaryl/α,β-unsaturated/α-hetero) is 1. The minimum absolute atomic E-state index is 0.0520. The molecule has 4 nitrogen and oxygen atoms in total. The number of hydrogen-bond acceptors (Lipinski definition) is 3. The molecule has 1 aromatic carbocycles. The molecule has 1 atom stereocenters. The van der Waals surface area contributed by atoms with Crippen LogP contribution in [0.3, 0.4) is 0 Å². The van der Waals surface area contributed by atoms with Gasteiger partial charge in [0.1, 0.15) is 5.69 Å². The van der Waals surface area contributed by atoms with E-state index in [1.165, 1.54) is 5.56 Å². The van der Waals surface area contributed by atoms with Gasteiger partial charge in [0, 0.05) is 30.8 Å². The van der Waals surface area contributed by atoms with Gasteiger partial charge < -0.3 is 0 Å². The first-order chi connectivity index (χ1) is 12.0. The molecule has 25 heavy (non-hydrogen) atoms. The quantitative estimate of drug-likeness (QED) is 0.637. The van der Waals surface area contributed by atoms with E-state index in [2.05, 4.69) is 29.1 Å². The van der Waals surface area contributed by atoms with Crippen LogP contribution in [0.4, 0.5) is 0 Å². The highest BCUT2D eigenvalue weighted by atomic mass is 16.1. The number of aromatic nitrogens is 3. The van der Waals surface area contributed by atoms with Crippen LogP contribution in [-0.2, 0) is 13.0 Å². The average Bonchev–Trinajstić information content (AvgIpc) is 3.00. The molecule has 0 radical (unpaired) electrons. The minimum atomic E-state index is 0.0520. The van der Waals surface area contributed by atoms with Crippen molar-refractivity contribution in [2.75, 3.05) is 0 Å². The standard InChI is InChI=1S/C21H23N3O/c1-15(14-24-11-10-17(3)23-24)19-8-5-7-18(12-19)13-21(25)20-9-4-6-16(2)22-20/h4-12,15H,13-14H2,1-3H3. The number of rotatable bonds is 6. The molecule has 0 saturated heterocycles. The Balaban J connectivity index is 1.71. The topological polar surface area (TPSA) is 47.8 Å². The summed E-state index contributed by atoms with van der Waals surface area (Å²) in [4.78, 5) is 16.8. The Morgan fingerprint density at radius 1 is 1.08 bits per heavy atom. The third-order valence-electron chi connectivity index (χ3n) is 4.29. The lowest BCUT2D eigenvalue weighted by Gasteiger charge is -2.13. The van der Waals surface area contributed by atoms with Crippen molar-refractivity contribution in [3.63, 3.8) is 0 Å². The van der Waals surface area contributed by atoms with E-state index in [0.29, 0.717) is 18.0 Å². The highest BCUT2D eigenvalue weighted by Crippen LogP contribution is 2.19. The largest absolute Gasteiger partial charge is 0.292 e. The summed E-state index contributed by atoms with van der Waals surface area (Å²) >= 11 is 0. The smallest absolute Gasteiger partial charge is 0.185 e. The monoisotopic (exact) mass is 333 g/mol. The van der Waals surface area contributed by atoms with E-state index in [9.17, 15) is 4.79 Å². The second-order valence-corrected chi connectivity index (χ2v) is 6.59. The molecule has 0 fully saturated rings. The number of ketones is 1. The Kier molecular flexibility index (Phi) is 5.08. The Bertz CT molecular complexity index is 882. The van der Waals surface area contributed by atoms with Crippen molar-refractivity contribution in [1.82, 2.24) is 14.8 Å². The Labute approximate surface area is 148 Å². The molecule has 0 saturated carbocycles. The van der Waals surface area contributed by atoms with E-state index in [0.717, 1.165) is 23.5 Å². The SMILES string of the molecule is Cc1cccc(C(=O)Cc2cccc(C(C)Cn3ccc(C)n3)c2)n1. The van der Waals surface area contributed by atoms with Gasteiger partial charge in [-0.3, -0.25) is 14.5 Å². The van der Waals surface area contributed by atoms with Gasteiger partial charge in [0.15, 0.2) is 5.78 Å². The third kappa shape index (κ3) is 4.41. The number of aryl methyl sites for hydroxylation is 2. The van der Waals surface area contributed by atoms with Crippen LogP contribution >= 0.6 is 0 Å². The van der Waals surface area contributed by atoms with Crippen LogP contribution in [0.5, 0.6) is 0 Å². The van der Waals surface area contributed by atoms with Crippen LogP contribution in [0, 0.1) is 13.8 Å². The third-order valence-corrected chi connectivity index (χ3v) is 4.29. The molecule has 0 spiro atoms. The molecule has 0 aliphatic heterocycles. The minimum Gasteiger partial charge on any atom is -0.292 e. The number of carbonyl (C=O) groups is 1. The molecule has 2 aromatic heterocycles. The van der Waals surface area contributed by atoms with Crippen LogP contribution in [0.1, 0.15) is 45.8 Å². The predicted molar refractivity (Wildman–Crippen MR) is 98.8 cm³/mol. The van der Waals surface area contributed by atoms with Gasteiger partial charge in [0.05, 0.1) is 5.69 Å². The predicted octanol–water partition coefficient (Wildman–Crippen LogP) is 4.12. The Morgan fingerprint density at radius 2 is 1.88 bits per heavy atom.